The number of hydrogen-bond donors (Lipinski definition) is 1. The molecular formula is C22H15Cl2N5O. The highest BCUT2D eigenvalue weighted by molar-refractivity contribution is 6.31. The van der Waals surface area contributed by atoms with Crippen molar-refractivity contribution >= 4 is 40.7 Å². The second kappa shape index (κ2) is 8.90. The van der Waals surface area contributed by atoms with E-state index in [-0.39, 0.29) is 5.78 Å². The minimum absolute atomic E-state index is 0.125. The van der Waals surface area contributed by atoms with Crippen LogP contribution in [0.25, 0.3) is 11.8 Å². The first-order valence-electron chi connectivity index (χ1n) is 8.98. The Hall–Kier alpha value is -3.48. The summed E-state index contributed by atoms with van der Waals surface area (Å²) in [6.07, 6.45) is 3.38. The molecule has 0 aliphatic rings. The van der Waals surface area contributed by atoms with Crippen molar-refractivity contribution in [3.8, 4) is 5.69 Å². The third kappa shape index (κ3) is 4.40. The number of ketones is 1. The molecule has 0 aliphatic heterocycles. The zero-order chi connectivity index (χ0) is 20.9. The second-order valence-corrected chi connectivity index (χ2v) is 7.16. The molecule has 3 aromatic carbocycles. The van der Waals surface area contributed by atoms with Gasteiger partial charge in [0.05, 0.1) is 5.69 Å². The van der Waals surface area contributed by atoms with Crippen LogP contribution in [0, 0.1) is 0 Å². The van der Waals surface area contributed by atoms with Crippen LogP contribution < -0.4 is 5.32 Å². The lowest BCUT2D eigenvalue weighted by molar-refractivity contribution is 0.103. The predicted octanol–water partition coefficient (Wildman–Crippen LogP) is 5.28. The fourth-order valence-electron chi connectivity index (χ4n) is 2.85. The van der Waals surface area contributed by atoms with Gasteiger partial charge in [0.2, 0.25) is 0 Å². The summed E-state index contributed by atoms with van der Waals surface area (Å²) < 4.78 is 1.58. The normalized spacial score (nSPS) is 11.0. The van der Waals surface area contributed by atoms with Crippen molar-refractivity contribution in [3.05, 3.63) is 106 Å². The molecule has 8 heteroatoms. The first kappa shape index (κ1) is 19.8. The van der Waals surface area contributed by atoms with Gasteiger partial charge in [-0.25, -0.2) is 0 Å². The highest BCUT2D eigenvalue weighted by atomic mass is 35.5. The Kier molecular flexibility index (Phi) is 5.88. The lowest BCUT2D eigenvalue weighted by Gasteiger charge is -2.09. The molecule has 30 heavy (non-hydrogen) atoms. The van der Waals surface area contributed by atoms with Crippen LogP contribution in [-0.2, 0) is 0 Å². The van der Waals surface area contributed by atoms with Crippen LogP contribution >= 0.6 is 23.2 Å². The maximum atomic E-state index is 12.9. The van der Waals surface area contributed by atoms with Crippen LogP contribution in [0.5, 0.6) is 0 Å². The van der Waals surface area contributed by atoms with Gasteiger partial charge in [-0.1, -0.05) is 53.5 Å². The van der Waals surface area contributed by atoms with Crippen molar-refractivity contribution in [2.75, 3.05) is 5.32 Å². The van der Waals surface area contributed by atoms with Gasteiger partial charge < -0.3 is 5.32 Å². The number of anilines is 1. The van der Waals surface area contributed by atoms with Crippen LogP contribution in [0.2, 0.25) is 10.0 Å². The van der Waals surface area contributed by atoms with Crippen molar-refractivity contribution in [2.24, 2.45) is 0 Å². The Labute approximate surface area is 182 Å². The summed E-state index contributed by atoms with van der Waals surface area (Å²) in [7, 11) is 0. The Balaban J connectivity index is 1.58. The number of halogens is 2. The first-order valence-corrected chi connectivity index (χ1v) is 9.74. The number of nitrogens with zero attached hydrogens (tertiary/aromatic N) is 4. The third-order valence-corrected chi connectivity index (χ3v) is 4.79. The smallest absolute Gasteiger partial charge is 0.195 e. The first-order chi connectivity index (χ1) is 14.6. The van der Waals surface area contributed by atoms with Crippen molar-refractivity contribution in [1.82, 2.24) is 20.2 Å². The molecule has 4 rings (SSSR count). The standard InChI is InChI=1S/C22H15Cl2N5O/c23-16-6-9-18(10-7-16)29-21(26-27-28-29)12-13-25-20-11-8-17(24)14-19(20)22(30)15-4-2-1-3-5-15/h1-14,25H/b13-12-. The summed E-state index contributed by atoms with van der Waals surface area (Å²) in [6, 6.07) is 21.3. The van der Waals surface area contributed by atoms with Gasteiger partial charge in [-0.05, 0) is 52.9 Å². The molecule has 0 atom stereocenters. The van der Waals surface area contributed by atoms with E-state index in [4.69, 9.17) is 23.2 Å². The average molecular weight is 436 g/mol. The molecule has 0 fully saturated rings. The van der Waals surface area contributed by atoms with Crippen LogP contribution in [0.15, 0.2) is 79.0 Å². The summed E-state index contributed by atoms with van der Waals surface area (Å²) in [4.78, 5) is 12.9. The molecule has 0 spiro atoms. The second-order valence-electron chi connectivity index (χ2n) is 6.29. The molecule has 0 radical (unpaired) electrons. The molecule has 4 aromatic rings. The van der Waals surface area contributed by atoms with E-state index in [2.05, 4.69) is 20.8 Å². The Bertz CT molecular complexity index is 1200. The van der Waals surface area contributed by atoms with Gasteiger partial charge in [0.1, 0.15) is 0 Å². The van der Waals surface area contributed by atoms with E-state index in [9.17, 15) is 4.79 Å². The number of carbonyl (C=O) groups excluding carboxylic acids is 1. The largest absolute Gasteiger partial charge is 0.361 e. The minimum Gasteiger partial charge on any atom is -0.361 e. The minimum atomic E-state index is -0.125. The van der Waals surface area contributed by atoms with Gasteiger partial charge in [-0.3, -0.25) is 4.79 Å². The van der Waals surface area contributed by atoms with E-state index in [0.29, 0.717) is 32.7 Å². The van der Waals surface area contributed by atoms with E-state index in [0.717, 1.165) is 5.69 Å². The zero-order valence-electron chi connectivity index (χ0n) is 15.5. The lowest BCUT2D eigenvalue weighted by Crippen LogP contribution is -2.05. The number of aromatic nitrogens is 4. The van der Waals surface area contributed by atoms with E-state index in [1.54, 1.807) is 59.4 Å². The number of tetrazole rings is 1. The van der Waals surface area contributed by atoms with Gasteiger partial charge in [-0.15, -0.1) is 5.10 Å². The average Bonchev–Trinajstić information content (AvgIpc) is 3.24. The number of benzene rings is 3. The Morgan fingerprint density at radius 1 is 0.933 bits per heavy atom. The fraction of sp³-hybridized carbons (Fsp3) is 0. The van der Waals surface area contributed by atoms with E-state index >= 15 is 0 Å². The van der Waals surface area contributed by atoms with Crippen LogP contribution in [0.3, 0.4) is 0 Å². The zero-order valence-corrected chi connectivity index (χ0v) is 17.0. The maximum Gasteiger partial charge on any atom is 0.195 e. The van der Waals surface area contributed by atoms with Gasteiger partial charge in [0, 0.05) is 39.1 Å². The topological polar surface area (TPSA) is 72.7 Å². The van der Waals surface area contributed by atoms with Gasteiger partial charge in [0.25, 0.3) is 0 Å². The fourth-order valence-corrected chi connectivity index (χ4v) is 3.14. The van der Waals surface area contributed by atoms with E-state index < -0.39 is 0 Å². The van der Waals surface area contributed by atoms with Gasteiger partial charge >= 0.3 is 0 Å². The van der Waals surface area contributed by atoms with Crippen LogP contribution in [0.4, 0.5) is 5.69 Å². The summed E-state index contributed by atoms with van der Waals surface area (Å²) >= 11 is 12.1. The van der Waals surface area contributed by atoms with Crippen molar-refractivity contribution < 1.29 is 4.79 Å². The predicted molar refractivity (Wildman–Crippen MR) is 118 cm³/mol. The lowest BCUT2D eigenvalue weighted by atomic mass is 10.0. The molecule has 0 bridgehead atoms. The van der Waals surface area contributed by atoms with Gasteiger partial charge in [0.15, 0.2) is 11.6 Å². The molecule has 1 N–H and O–H groups in total. The number of hydrogen-bond acceptors (Lipinski definition) is 5. The number of nitrogens with one attached hydrogen (secondary N) is 1. The van der Waals surface area contributed by atoms with Crippen LogP contribution in [-0.4, -0.2) is 26.0 Å². The highest BCUT2D eigenvalue weighted by Gasteiger charge is 2.14. The number of carbonyl (C=O) groups is 1. The summed E-state index contributed by atoms with van der Waals surface area (Å²) in [6.45, 7) is 0. The van der Waals surface area contributed by atoms with E-state index in [1.165, 1.54) is 0 Å². The van der Waals surface area contributed by atoms with E-state index in [1.807, 2.05) is 30.3 Å². The SMILES string of the molecule is O=C(c1ccccc1)c1cc(Cl)ccc1N/C=C\c1nnnn1-c1ccc(Cl)cc1. The number of rotatable bonds is 6. The summed E-state index contributed by atoms with van der Waals surface area (Å²) in [5, 5.41) is 16.0. The molecule has 148 valence electrons. The Morgan fingerprint density at radius 3 is 2.43 bits per heavy atom. The monoisotopic (exact) mass is 435 g/mol. The molecule has 1 aromatic heterocycles. The Morgan fingerprint density at radius 2 is 1.67 bits per heavy atom. The highest BCUT2D eigenvalue weighted by Crippen LogP contribution is 2.24. The molecular weight excluding hydrogens is 421 g/mol. The van der Waals surface area contributed by atoms with Crippen LogP contribution in [0.1, 0.15) is 21.7 Å². The molecule has 0 saturated heterocycles. The molecule has 0 amide bonds. The van der Waals surface area contributed by atoms with Crippen molar-refractivity contribution in [2.45, 2.75) is 0 Å². The maximum absolute atomic E-state index is 12.9. The summed E-state index contributed by atoms with van der Waals surface area (Å²) in [5.74, 6) is 0.384. The molecule has 0 unspecified atom stereocenters. The summed E-state index contributed by atoms with van der Waals surface area (Å²) in [5.41, 5.74) is 2.44. The van der Waals surface area contributed by atoms with Crippen molar-refractivity contribution in [3.63, 3.8) is 0 Å². The van der Waals surface area contributed by atoms with Gasteiger partial charge in [-0.2, -0.15) is 4.68 Å². The quantitative estimate of drug-likeness (QED) is 0.416. The molecule has 0 saturated carbocycles. The molecule has 1 heterocycles. The molecule has 6 nitrogen and oxygen atoms in total. The third-order valence-electron chi connectivity index (χ3n) is 4.30. The van der Waals surface area contributed by atoms with Crippen molar-refractivity contribution in [1.29, 1.82) is 0 Å². The molecule has 0 aliphatic carbocycles.